The molecule has 1 aromatic heterocycles. The standard InChI is InChI=1S/C28H30N4O4/c1-18-7-8-20(16-30-18)14-26(34)32-17-23(33)15-25(32)28(36)31-24(27(29)35)13-19-9-11-22(12-10-19)21-5-3-2-4-6-21/h2-12,16,23-25,33H,13-15,17H2,1H3,(H2,29,35)(H,31,36)/t23-,24-,25+/m1/s1. The van der Waals surface area contributed by atoms with Gasteiger partial charge in [0.05, 0.1) is 12.5 Å². The van der Waals surface area contributed by atoms with Gasteiger partial charge in [-0.25, -0.2) is 0 Å². The predicted molar refractivity (Wildman–Crippen MR) is 136 cm³/mol. The largest absolute Gasteiger partial charge is 0.391 e. The van der Waals surface area contributed by atoms with E-state index in [4.69, 9.17) is 5.73 Å². The van der Waals surface area contributed by atoms with Crippen molar-refractivity contribution in [3.63, 3.8) is 0 Å². The summed E-state index contributed by atoms with van der Waals surface area (Å²) in [6, 6.07) is 19.4. The Balaban J connectivity index is 1.41. The van der Waals surface area contributed by atoms with Gasteiger partial charge in [-0.15, -0.1) is 0 Å². The summed E-state index contributed by atoms with van der Waals surface area (Å²) in [5.74, 6) is -1.46. The van der Waals surface area contributed by atoms with Crippen LogP contribution in [-0.2, 0) is 27.2 Å². The number of pyridine rings is 1. The molecule has 1 saturated heterocycles. The second-order valence-electron chi connectivity index (χ2n) is 9.17. The third-order valence-corrected chi connectivity index (χ3v) is 6.39. The molecule has 0 saturated carbocycles. The monoisotopic (exact) mass is 486 g/mol. The van der Waals surface area contributed by atoms with Crippen molar-refractivity contribution in [3.8, 4) is 11.1 Å². The minimum absolute atomic E-state index is 0.0540. The summed E-state index contributed by atoms with van der Waals surface area (Å²) < 4.78 is 0. The zero-order valence-electron chi connectivity index (χ0n) is 20.1. The molecule has 4 N–H and O–H groups in total. The first-order valence-corrected chi connectivity index (χ1v) is 11.9. The van der Waals surface area contributed by atoms with E-state index in [0.717, 1.165) is 27.9 Å². The van der Waals surface area contributed by atoms with Crippen molar-refractivity contribution < 1.29 is 19.5 Å². The molecule has 4 rings (SSSR count). The summed E-state index contributed by atoms with van der Waals surface area (Å²) in [6.45, 7) is 1.91. The normalized spacial score (nSPS) is 18.0. The van der Waals surface area contributed by atoms with E-state index >= 15 is 0 Å². The number of primary amides is 1. The number of likely N-dealkylation sites (tertiary alicyclic amines) is 1. The van der Waals surface area contributed by atoms with Crippen LogP contribution in [0, 0.1) is 6.92 Å². The first kappa shape index (κ1) is 25.1. The van der Waals surface area contributed by atoms with Gasteiger partial charge in [-0.3, -0.25) is 19.4 Å². The van der Waals surface area contributed by atoms with Crippen LogP contribution < -0.4 is 11.1 Å². The summed E-state index contributed by atoms with van der Waals surface area (Å²) in [4.78, 5) is 43.8. The van der Waals surface area contributed by atoms with Crippen LogP contribution >= 0.6 is 0 Å². The van der Waals surface area contributed by atoms with E-state index in [0.29, 0.717) is 0 Å². The average molecular weight is 487 g/mol. The number of aliphatic hydroxyl groups excluding tert-OH is 1. The fourth-order valence-corrected chi connectivity index (χ4v) is 4.41. The van der Waals surface area contributed by atoms with Crippen LogP contribution in [0.2, 0.25) is 0 Å². The number of amides is 3. The van der Waals surface area contributed by atoms with Crippen molar-refractivity contribution >= 4 is 17.7 Å². The molecule has 8 nitrogen and oxygen atoms in total. The van der Waals surface area contributed by atoms with Crippen LogP contribution in [0.5, 0.6) is 0 Å². The van der Waals surface area contributed by atoms with E-state index in [1.54, 1.807) is 6.20 Å². The molecule has 0 bridgehead atoms. The van der Waals surface area contributed by atoms with Gasteiger partial charge in [-0.1, -0.05) is 60.7 Å². The quantitative estimate of drug-likeness (QED) is 0.448. The van der Waals surface area contributed by atoms with Crippen LogP contribution in [0.15, 0.2) is 72.9 Å². The van der Waals surface area contributed by atoms with Crippen LogP contribution in [-0.4, -0.2) is 57.4 Å². The fourth-order valence-electron chi connectivity index (χ4n) is 4.41. The molecule has 8 heteroatoms. The van der Waals surface area contributed by atoms with Gasteiger partial charge in [0.2, 0.25) is 17.7 Å². The minimum atomic E-state index is -0.948. The number of nitrogens with one attached hydrogen (secondary N) is 1. The molecule has 3 amide bonds. The van der Waals surface area contributed by atoms with Gasteiger partial charge in [-0.05, 0) is 35.2 Å². The third kappa shape index (κ3) is 6.14. The molecular formula is C28H30N4O4. The number of hydrogen-bond donors (Lipinski definition) is 3. The number of nitrogens with two attached hydrogens (primary N) is 1. The third-order valence-electron chi connectivity index (χ3n) is 6.39. The summed E-state index contributed by atoms with van der Waals surface area (Å²) in [6.07, 6.45) is 1.19. The van der Waals surface area contributed by atoms with Crippen molar-refractivity contribution in [1.82, 2.24) is 15.2 Å². The molecule has 2 heterocycles. The van der Waals surface area contributed by atoms with Crippen LogP contribution in [0.3, 0.4) is 0 Å². The lowest BCUT2D eigenvalue weighted by atomic mass is 10.00. The topological polar surface area (TPSA) is 126 Å². The van der Waals surface area contributed by atoms with E-state index < -0.39 is 30.0 Å². The molecule has 186 valence electrons. The molecule has 0 spiro atoms. The second-order valence-corrected chi connectivity index (χ2v) is 9.17. The number of carbonyl (C=O) groups excluding carboxylic acids is 3. The Hall–Kier alpha value is -4.04. The lowest BCUT2D eigenvalue weighted by Gasteiger charge is -2.25. The van der Waals surface area contributed by atoms with Gasteiger partial charge < -0.3 is 21.1 Å². The number of nitrogens with zero attached hydrogens (tertiary/aromatic N) is 2. The van der Waals surface area contributed by atoms with Gasteiger partial charge in [-0.2, -0.15) is 0 Å². The average Bonchev–Trinajstić information content (AvgIpc) is 3.28. The summed E-state index contributed by atoms with van der Waals surface area (Å²) in [7, 11) is 0. The number of benzene rings is 2. The maximum Gasteiger partial charge on any atom is 0.243 e. The molecule has 0 aliphatic carbocycles. The number of β-amino-alcohol motifs (C(OH)–C–C–N with tert-alkyl or cyclic N) is 1. The number of aromatic nitrogens is 1. The lowest BCUT2D eigenvalue weighted by Crippen LogP contribution is -2.53. The second kappa shape index (κ2) is 11.1. The Morgan fingerprint density at radius 2 is 1.69 bits per heavy atom. The zero-order valence-corrected chi connectivity index (χ0v) is 20.1. The highest BCUT2D eigenvalue weighted by Gasteiger charge is 2.39. The van der Waals surface area contributed by atoms with Gasteiger partial charge in [0, 0.05) is 31.3 Å². The van der Waals surface area contributed by atoms with E-state index in [1.807, 2.05) is 73.7 Å². The Morgan fingerprint density at radius 1 is 1.03 bits per heavy atom. The molecule has 0 radical (unpaired) electrons. The van der Waals surface area contributed by atoms with Crippen molar-refractivity contribution in [3.05, 3.63) is 89.7 Å². The van der Waals surface area contributed by atoms with Crippen LogP contribution in [0.25, 0.3) is 11.1 Å². The van der Waals surface area contributed by atoms with Gasteiger partial charge >= 0.3 is 0 Å². The summed E-state index contributed by atoms with van der Waals surface area (Å²) in [5.41, 5.74) is 10.1. The van der Waals surface area contributed by atoms with E-state index in [1.165, 1.54) is 4.90 Å². The Bertz CT molecular complexity index is 1210. The summed E-state index contributed by atoms with van der Waals surface area (Å²) >= 11 is 0. The molecular weight excluding hydrogens is 456 g/mol. The molecule has 3 aromatic rings. The lowest BCUT2D eigenvalue weighted by molar-refractivity contribution is -0.138. The van der Waals surface area contributed by atoms with E-state index in [-0.39, 0.29) is 31.7 Å². The minimum Gasteiger partial charge on any atom is -0.391 e. The highest BCUT2D eigenvalue weighted by Crippen LogP contribution is 2.22. The smallest absolute Gasteiger partial charge is 0.243 e. The number of hydrogen-bond acceptors (Lipinski definition) is 5. The number of aliphatic hydroxyl groups is 1. The molecule has 2 aromatic carbocycles. The number of rotatable bonds is 8. The molecule has 3 atom stereocenters. The molecule has 1 aliphatic rings. The Kier molecular flexibility index (Phi) is 7.75. The fraction of sp³-hybridized carbons (Fsp3) is 0.286. The maximum atomic E-state index is 13.1. The maximum absolute atomic E-state index is 13.1. The van der Waals surface area contributed by atoms with Crippen LogP contribution in [0.4, 0.5) is 0 Å². The highest BCUT2D eigenvalue weighted by atomic mass is 16.3. The molecule has 1 fully saturated rings. The van der Waals surface area contributed by atoms with Gasteiger partial charge in [0.25, 0.3) is 0 Å². The predicted octanol–water partition coefficient (Wildman–Crippen LogP) is 1.77. The van der Waals surface area contributed by atoms with Crippen LogP contribution in [0.1, 0.15) is 23.2 Å². The van der Waals surface area contributed by atoms with Crippen molar-refractivity contribution in [2.75, 3.05) is 6.54 Å². The SMILES string of the molecule is Cc1ccc(CC(=O)N2C[C@H](O)C[C@H]2C(=O)N[C@H](Cc2ccc(-c3ccccc3)cc2)C(N)=O)cn1. The molecule has 0 unspecified atom stereocenters. The molecule has 1 aliphatic heterocycles. The number of aryl methyl sites for hydroxylation is 1. The van der Waals surface area contributed by atoms with Gasteiger partial charge in [0.1, 0.15) is 12.1 Å². The van der Waals surface area contributed by atoms with Crippen molar-refractivity contribution in [2.45, 2.75) is 44.4 Å². The van der Waals surface area contributed by atoms with Gasteiger partial charge in [0.15, 0.2) is 0 Å². The van der Waals surface area contributed by atoms with Crippen molar-refractivity contribution in [1.29, 1.82) is 0 Å². The first-order valence-electron chi connectivity index (χ1n) is 11.9. The van der Waals surface area contributed by atoms with E-state index in [2.05, 4.69) is 10.3 Å². The number of carbonyl (C=O) groups is 3. The Morgan fingerprint density at radius 3 is 2.33 bits per heavy atom. The first-order chi connectivity index (χ1) is 17.3. The highest BCUT2D eigenvalue weighted by molar-refractivity contribution is 5.92. The van der Waals surface area contributed by atoms with E-state index in [9.17, 15) is 19.5 Å². The zero-order chi connectivity index (χ0) is 25.7. The van der Waals surface area contributed by atoms with Crippen molar-refractivity contribution in [2.24, 2.45) is 5.73 Å². The molecule has 36 heavy (non-hydrogen) atoms. The summed E-state index contributed by atoms with van der Waals surface area (Å²) in [5, 5.41) is 12.9. The Labute approximate surface area is 210 Å².